The highest BCUT2D eigenvalue weighted by molar-refractivity contribution is 6.31. The van der Waals surface area contributed by atoms with Gasteiger partial charge in [0.15, 0.2) is 11.5 Å². The number of hydrogen-bond acceptors (Lipinski definition) is 6. The summed E-state index contributed by atoms with van der Waals surface area (Å²) in [4.78, 5) is 18.9. The summed E-state index contributed by atoms with van der Waals surface area (Å²) in [5.74, 6) is 0.229. The van der Waals surface area contributed by atoms with Crippen molar-refractivity contribution in [2.24, 2.45) is 0 Å². The second kappa shape index (κ2) is 9.17. The molecule has 1 unspecified atom stereocenters. The quantitative estimate of drug-likeness (QED) is 0.669. The minimum absolute atomic E-state index is 0.0527. The van der Waals surface area contributed by atoms with E-state index in [-0.39, 0.29) is 17.6 Å². The van der Waals surface area contributed by atoms with Crippen LogP contribution in [0.2, 0.25) is 5.02 Å². The monoisotopic (exact) mass is 412 g/mol. The highest BCUT2D eigenvalue weighted by Crippen LogP contribution is 2.28. The summed E-state index contributed by atoms with van der Waals surface area (Å²) in [6, 6.07) is 12.9. The zero-order valence-corrected chi connectivity index (χ0v) is 16.5. The zero-order chi connectivity index (χ0) is 20.1. The van der Waals surface area contributed by atoms with Crippen molar-refractivity contribution in [1.82, 2.24) is 20.4 Å². The first-order valence-corrected chi connectivity index (χ1v) is 9.81. The van der Waals surface area contributed by atoms with Crippen LogP contribution in [0.4, 0.5) is 0 Å². The Balaban J connectivity index is 1.48. The summed E-state index contributed by atoms with van der Waals surface area (Å²) in [5, 5.41) is 7.56. The van der Waals surface area contributed by atoms with Crippen LogP contribution in [-0.4, -0.2) is 53.8 Å². The number of amides is 1. The van der Waals surface area contributed by atoms with E-state index in [1.165, 1.54) is 0 Å². The van der Waals surface area contributed by atoms with Crippen LogP contribution < -0.4 is 5.32 Å². The van der Waals surface area contributed by atoms with E-state index in [1.807, 2.05) is 24.3 Å². The summed E-state index contributed by atoms with van der Waals surface area (Å²) in [7, 11) is 0. The third-order valence-electron chi connectivity index (χ3n) is 4.91. The number of ether oxygens (including phenoxy) is 1. The van der Waals surface area contributed by atoms with Crippen molar-refractivity contribution < 1.29 is 14.1 Å². The number of rotatable bonds is 6. The number of halogens is 1. The van der Waals surface area contributed by atoms with Gasteiger partial charge < -0.3 is 14.6 Å². The van der Waals surface area contributed by atoms with Gasteiger partial charge in [0, 0.05) is 48.7 Å². The molecule has 0 radical (unpaired) electrons. The van der Waals surface area contributed by atoms with Gasteiger partial charge in [-0.1, -0.05) is 35.0 Å². The molecular formula is C21H21ClN4O3. The lowest BCUT2D eigenvalue weighted by molar-refractivity contribution is 0.0162. The molecule has 0 spiro atoms. The number of aromatic nitrogens is 2. The summed E-state index contributed by atoms with van der Waals surface area (Å²) in [6.07, 6.45) is 3.32. The van der Waals surface area contributed by atoms with E-state index in [9.17, 15) is 4.79 Å². The molecule has 3 heterocycles. The van der Waals surface area contributed by atoms with Gasteiger partial charge in [-0.15, -0.1) is 0 Å². The number of hydrogen-bond donors (Lipinski definition) is 1. The van der Waals surface area contributed by atoms with Crippen molar-refractivity contribution in [3.8, 4) is 11.3 Å². The average molecular weight is 413 g/mol. The molecule has 8 heteroatoms. The van der Waals surface area contributed by atoms with Crippen molar-refractivity contribution in [3.05, 3.63) is 71.1 Å². The normalized spacial score (nSPS) is 15.8. The molecule has 1 N–H and O–H groups in total. The average Bonchev–Trinajstić information content (AvgIpc) is 3.27. The number of carbonyl (C=O) groups excluding carboxylic acids is 1. The van der Waals surface area contributed by atoms with Gasteiger partial charge in [-0.25, -0.2) is 0 Å². The zero-order valence-electron chi connectivity index (χ0n) is 15.8. The van der Waals surface area contributed by atoms with Crippen LogP contribution in [0.3, 0.4) is 0 Å². The Morgan fingerprint density at radius 2 is 1.93 bits per heavy atom. The maximum Gasteiger partial charge on any atom is 0.273 e. The van der Waals surface area contributed by atoms with Crippen LogP contribution in [0.15, 0.2) is 59.4 Å². The Kier molecular flexibility index (Phi) is 6.19. The fraction of sp³-hybridized carbons (Fsp3) is 0.286. The summed E-state index contributed by atoms with van der Waals surface area (Å²) in [6.45, 7) is 3.28. The van der Waals surface area contributed by atoms with Crippen LogP contribution in [0.1, 0.15) is 22.1 Å². The Hall–Kier alpha value is -2.74. The van der Waals surface area contributed by atoms with E-state index in [1.54, 1.807) is 30.6 Å². The van der Waals surface area contributed by atoms with Crippen molar-refractivity contribution in [2.45, 2.75) is 6.04 Å². The van der Waals surface area contributed by atoms with E-state index in [0.29, 0.717) is 30.5 Å². The molecule has 0 bridgehead atoms. The van der Waals surface area contributed by atoms with Crippen LogP contribution in [0, 0.1) is 0 Å². The van der Waals surface area contributed by atoms with Crippen molar-refractivity contribution in [1.29, 1.82) is 0 Å². The molecule has 0 saturated carbocycles. The number of pyridine rings is 1. The predicted molar refractivity (Wildman–Crippen MR) is 109 cm³/mol. The first-order valence-electron chi connectivity index (χ1n) is 9.44. The molecule has 1 aliphatic rings. The van der Waals surface area contributed by atoms with E-state index >= 15 is 0 Å². The molecule has 7 nitrogen and oxygen atoms in total. The van der Waals surface area contributed by atoms with Crippen molar-refractivity contribution in [3.63, 3.8) is 0 Å². The molecule has 4 rings (SSSR count). The van der Waals surface area contributed by atoms with E-state index in [2.05, 4.69) is 20.4 Å². The topological polar surface area (TPSA) is 80.5 Å². The lowest BCUT2D eigenvalue weighted by Crippen LogP contribution is -2.44. The summed E-state index contributed by atoms with van der Waals surface area (Å²) in [5.41, 5.74) is 2.03. The highest BCUT2D eigenvalue weighted by atomic mass is 35.5. The molecule has 1 fully saturated rings. The van der Waals surface area contributed by atoms with Gasteiger partial charge in [-0.3, -0.25) is 14.7 Å². The summed E-state index contributed by atoms with van der Waals surface area (Å²) < 4.78 is 10.8. The van der Waals surface area contributed by atoms with E-state index in [4.69, 9.17) is 20.9 Å². The molecule has 1 amide bonds. The molecular weight excluding hydrogens is 392 g/mol. The van der Waals surface area contributed by atoms with E-state index in [0.717, 1.165) is 24.2 Å². The minimum Gasteiger partial charge on any atom is -0.379 e. The van der Waals surface area contributed by atoms with Crippen LogP contribution in [-0.2, 0) is 4.74 Å². The van der Waals surface area contributed by atoms with Crippen LogP contribution >= 0.6 is 11.6 Å². The maximum absolute atomic E-state index is 12.7. The molecule has 1 aromatic carbocycles. The van der Waals surface area contributed by atoms with Gasteiger partial charge >= 0.3 is 0 Å². The predicted octanol–water partition coefficient (Wildman–Crippen LogP) is 3.19. The number of carbonyl (C=O) groups is 1. The Labute approximate surface area is 173 Å². The van der Waals surface area contributed by atoms with Gasteiger partial charge in [0.1, 0.15) is 0 Å². The van der Waals surface area contributed by atoms with Gasteiger partial charge in [-0.2, -0.15) is 0 Å². The number of nitrogens with zero attached hydrogens (tertiary/aromatic N) is 3. The first kappa shape index (κ1) is 19.6. The molecule has 0 aliphatic carbocycles. The molecule has 3 aromatic rings. The SMILES string of the molecule is O=C(NCC(c1ccccc1Cl)N1CCOCC1)c1cc(-c2ccncc2)on1. The molecule has 1 atom stereocenters. The first-order chi connectivity index (χ1) is 14.2. The third kappa shape index (κ3) is 4.64. The molecule has 1 aliphatic heterocycles. The van der Waals surface area contributed by atoms with Gasteiger partial charge in [-0.05, 0) is 23.8 Å². The van der Waals surface area contributed by atoms with Gasteiger partial charge in [0.2, 0.25) is 0 Å². The van der Waals surface area contributed by atoms with Crippen LogP contribution in [0.5, 0.6) is 0 Å². The van der Waals surface area contributed by atoms with Crippen molar-refractivity contribution in [2.75, 3.05) is 32.8 Å². The minimum atomic E-state index is -0.292. The van der Waals surface area contributed by atoms with Gasteiger partial charge in [0.05, 0.1) is 19.3 Å². The Bertz CT molecular complexity index is 957. The molecule has 150 valence electrons. The van der Waals surface area contributed by atoms with E-state index < -0.39 is 0 Å². The molecule has 1 saturated heterocycles. The summed E-state index contributed by atoms with van der Waals surface area (Å²) >= 11 is 6.44. The fourth-order valence-electron chi connectivity index (χ4n) is 3.38. The second-order valence-electron chi connectivity index (χ2n) is 6.71. The van der Waals surface area contributed by atoms with Gasteiger partial charge in [0.25, 0.3) is 5.91 Å². The fourth-order valence-corrected chi connectivity index (χ4v) is 3.65. The number of morpholine rings is 1. The molecule has 29 heavy (non-hydrogen) atoms. The smallest absolute Gasteiger partial charge is 0.273 e. The molecule has 2 aromatic heterocycles. The Morgan fingerprint density at radius 1 is 1.17 bits per heavy atom. The van der Waals surface area contributed by atoms with Crippen molar-refractivity contribution >= 4 is 17.5 Å². The lowest BCUT2D eigenvalue weighted by atomic mass is 10.0. The van der Waals surface area contributed by atoms with Crippen LogP contribution in [0.25, 0.3) is 11.3 Å². The second-order valence-corrected chi connectivity index (χ2v) is 7.12. The Morgan fingerprint density at radius 3 is 2.69 bits per heavy atom. The maximum atomic E-state index is 12.7. The lowest BCUT2D eigenvalue weighted by Gasteiger charge is -2.35. The standard InChI is InChI=1S/C21H21ClN4O3/c22-17-4-2-1-3-16(17)19(26-9-11-28-12-10-26)14-24-21(27)18-13-20(29-25-18)15-5-7-23-8-6-15/h1-8,13,19H,9-12,14H2,(H,24,27). The number of benzene rings is 1. The number of nitrogens with one attached hydrogen (secondary N) is 1. The third-order valence-corrected chi connectivity index (χ3v) is 5.26. The largest absolute Gasteiger partial charge is 0.379 e. The highest BCUT2D eigenvalue weighted by Gasteiger charge is 2.25.